The van der Waals surface area contributed by atoms with Gasteiger partial charge in [0.1, 0.15) is 0 Å². The number of nitrogens with one attached hydrogen (secondary N) is 1. The Labute approximate surface area is 152 Å². The lowest BCUT2D eigenvalue weighted by Crippen LogP contribution is -2.30. The Morgan fingerprint density at radius 1 is 1.16 bits per heavy atom. The van der Waals surface area contributed by atoms with Gasteiger partial charge in [-0.25, -0.2) is 0 Å². The third-order valence-corrected chi connectivity index (χ3v) is 3.99. The monoisotopic (exact) mass is 382 g/mol. The summed E-state index contributed by atoms with van der Waals surface area (Å²) in [7, 11) is 0. The smallest absolute Gasteiger partial charge is 0.305 e. The Morgan fingerprint density at radius 3 is 2.32 bits per heavy atom. The second-order valence-electron chi connectivity index (χ2n) is 5.07. The Kier molecular flexibility index (Phi) is 5.95. The highest BCUT2D eigenvalue weighted by Gasteiger charge is 2.23. The summed E-state index contributed by atoms with van der Waals surface area (Å²) in [6, 6.07) is 8.92. The van der Waals surface area contributed by atoms with E-state index in [0.717, 1.165) is 0 Å². The zero-order valence-corrected chi connectivity index (χ0v) is 14.1. The molecule has 25 heavy (non-hydrogen) atoms. The average Bonchev–Trinajstić information content (AvgIpc) is 2.53. The van der Waals surface area contributed by atoms with E-state index in [1.165, 1.54) is 36.4 Å². The summed E-state index contributed by atoms with van der Waals surface area (Å²) < 4.78 is 0. The van der Waals surface area contributed by atoms with Crippen molar-refractivity contribution in [1.82, 2.24) is 5.32 Å². The van der Waals surface area contributed by atoms with Gasteiger partial charge < -0.3 is 10.4 Å². The highest BCUT2D eigenvalue weighted by molar-refractivity contribution is 6.39. The molecule has 0 aliphatic carbocycles. The first-order valence-corrected chi connectivity index (χ1v) is 7.76. The van der Waals surface area contributed by atoms with Crippen molar-refractivity contribution in [3.63, 3.8) is 0 Å². The Morgan fingerprint density at radius 2 is 1.76 bits per heavy atom. The van der Waals surface area contributed by atoms with Gasteiger partial charge in [0, 0.05) is 12.1 Å². The number of nitro groups is 1. The molecule has 0 heterocycles. The number of amides is 1. The molecule has 0 saturated carbocycles. The Bertz CT molecular complexity index is 821. The highest BCUT2D eigenvalue weighted by Crippen LogP contribution is 2.27. The molecule has 2 rings (SSSR count). The van der Waals surface area contributed by atoms with Crippen LogP contribution in [0.4, 0.5) is 5.69 Å². The topological polar surface area (TPSA) is 110 Å². The van der Waals surface area contributed by atoms with Crippen molar-refractivity contribution >= 4 is 40.8 Å². The van der Waals surface area contributed by atoms with Crippen LogP contribution in [-0.4, -0.2) is 21.9 Å². The van der Waals surface area contributed by atoms with Crippen LogP contribution in [0, 0.1) is 10.1 Å². The number of carboxylic acids is 1. The zero-order valence-electron chi connectivity index (χ0n) is 12.6. The highest BCUT2D eigenvalue weighted by atomic mass is 35.5. The molecule has 1 amide bonds. The third kappa shape index (κ3) is 4.68. The second kappa shape index (κ2) is 7.96. The van der Waals surface area contributed by atoms with Crippen molar-refractivity contribution in [3.05, 3.63) is 73.8 Å². The summed E-state index contributed by atoms with van der Waals surface area (Å²) in [6.45, 7) is 0. The molecule has 0 aliphatic rings. The minimum Gasteiger partial charge on any atom is -0.481 e. The summed E-state index contributed by atoms with van der Waals surface area (Å²) in [5, 5.41) is 22.7. The van der Waals surface area contributed by atoms with Crippen molar-refractivity contribution in [2.45, 2.75) is 12.5 Å². The molecule has 0 spiro atoms. The molecule has 130 valence electrons. The van der Waals surface area contributed by atoms with Crippen molar-refractivity contribution in [2.24, 2.45) is 0 Å². The molecule has 0 aliphatic heterocycles. The Balaban J connectivity index is 2.35. The lowest BCUT2D eigenvalue weighted by Gasteiger charge is -2.18. The van der Waals surface area contributed by atoms with Crippen LogP contribution in [0.15, 0.2) is 42.5 Å². The molecular weight excluding hydrogens is 371 g/mol. The summed E-state index contributed by atoms with van der Waals surface area (Å²) in [4.78, 5) is 33.9. The molecule has 2 aromatic rings. The van der Waals surface area contributed by atoms with Crippen LogP contribution in [0.25, 0.3) is 0 Å². The molecule has 2 aromatic carbocycles. The molecule has 9 heteroatoms. The van der Waals surface area contributed by atoms with E-state index < -0.39 is 29.3 Å². The number of rotatable bonds is 6. The van der Waals surface area contributed by atoms with E-state index in [9.17, 15) is 19.7 Å². The summed E-state index contributed by atoms with van der Waals surface area (Å²) in [5.74, 6) is -1.85. The average molecular weight is 383 g/mol. The van der Waals surface area contributed by atoms with Crippen molar-refractivity contribution in [1.29, 1.82) is 0 Å². The molecule has 2 N–H and O–H groups in total. The van der Waals surface area contributed by atoms with Crippen molar-refractivity contribution < 1.29 is 19.6 Å². The number of carbonyl (C=O) groups excluding carboxylic acids is 1. The maximum Gasteiger partial charge on any atom is 0.305 e. The molecule has 1 atom stereocenters. The predicted octanol–water partition coefficient (Wildman–Crippen LogP) is 3.85. The van der Waals surface area contributed by atoms with Crippen LogP contribution in [0.2, 0.25) is 10.0 Å². The van der Waals surface area contributed by atoms with E-state index in [1.54, 1.807) is 6.07 Å². The molecule has 0 bridgehead atoms. The van der Waals surface area contributed by atoms with Gasteiger partial charge >= 0.3 is 5.97 Å². The minimum absolute atomic E-state index is 0.00616. The lowest BCUT2D eigenvalue weighted by atomic mass is 10.0. The maximum atomic E-state index is 12.5. The predicted molar refractivity (Wildman–Crippen MR) is 92.0 cm³/mol. The van der Waals surface area contributed by atoms with Gasteiger partial charge in [0.2, 0.25) is 0 Å². The van der Waals surface area contributed by atoms with Crippen molar-refractivity contribution in [3.8, 4) is 0 Å². The zero-order chi connectivity index (χ0) is 18.6. The fourth-order valence-electron chi connectivity index (χ4n) is 2.23. The molecule has 7 nitrogen and oxygen atoms in total. The van der Waals surface area contributed by atoms with Gasteiger partial charge in [0.25, 0.3) is 11.6 Å². The van der Waals surface area contributed by atoms with Gasteiger partial charge in [-0.2, -0.15) is 0 Å². The SMILES string of the molecule is O=C(O)CC(NC(=O)c1c(Cl)cccc1Cl)c1cccc([N+](=O)[O-])c1. The van der Waals surface area contributed by atoms with E-state index in [0.29, 0.717) is 0 Å². The number of hydrogen-bond donors (Lipinski definition) is 2. The summed E-state index contributed by atoms with van der Waals surface area (Å²) in [6.07, 6.45) is -0.463. The van der Waals surface area contributed by atoms with Crippen LogP contribution in [0.5, 0.6) is 0 Å². The minimum atomic E-state index is -1.18. The van der Waals surface area contributed by atoms with Crippen LogP contribution in [-0.2, 0) is 4.79 Å². The van der Waals surface area contributed by atoms with Crippen LogP contribution in [0.1, 0.15) is 28.4 Å². The third-order valence-electron chi connectivity index (χ3n) is 3.36. The van der Waals surface area contributed by atoms with Gasteiger partial charge in [0.05, 0.1) is 33.0 Å². The van der Waals surface area contributed by atoms with E-state index in [-0.39, 0.29) is 26.9 Å². The molecule has 0 radical (unpaired) electrons. The van der Waals surface area contributed by atoms with E-state index in [2.05, 4.69) is 5.32 Å². The normalized spacial score (nSPS) is 11.6. The number of benzene rings is 2. The number of hydrogen-bond acceptors (Lipinski definition) is 4. The standard InChI is InChI=1S/C16H12Cl2N2O5/c17-11-5-2-6-12(18)15(11)16(23)19-13(8-14(21)22)9-3-1-4-10(7-9)20(24)25/h1-7,13H,8H2,(H,19,23)(H,21,22). The fourth-order valence-corrected chi connectivity index (χ4v) is 2.80. The number of halogens is 2. The number of carbonyl (C=O) groups is 2. The summed E-state index contributed by atoms with van der Waals surface area (Å²) in [5.41, 5.74) is 0.0812. The molecule has 1 unspecified atom stereocenters. The summed E-state index contributed by atoms with van der Waals surface area (Å²) >= 11 is 12.0. The first-order chi connectivity index (χ1) is 11.8. The van der Waals surface area contributed by atoms with Gasteiger partial charge in [0.15, 0.2) is 0 Å². The number of non-ortho nitro benzene ring substituents is 1. The Hall–Kier alpha value is -2.64. The quantitative estimate of drug-likeness (QED) is 0.582. The number of nitrogens with zero attached hydrogens (tertiary/aromatic N) is 1. The largest absolute Gasteiger partial charge is 0.481 e. The number of nitro benzene ring substituents is 1. The van der Waals surface area contributed by atoms with Crippen LogP contribution in [0.3, 0.4) is 0 Å². The van der Waals surface area contributed by atoms with Gasteiger partial charge in [-0.05, 0) is 17.7 Å². The molecule has 0 aromatic heterocycles. The van der Waals surface area contributed by atoms with E-state index in [4.69, 9.17) is 28.3 Å². The number of carboxylic acid groups (broad SMARTS) is 1. The molecule has 0 saturated heterocycles. The molecular formula is C16H12Cl2N2O5. The maximum absolute atomic E-state index is 12.5. The second-order valence-corrected chi connectivity index (χ2v) is 5.89. The van der Waals surface area contributed by atoms with Gasteiger partial charge in [-0.15, -0.1) is 0 Å². The first-order valence-electron chi connectivity index (χ1n) is 7.00. The lowest BCUT2D eigenvalue weighted by molar-refractivity contribution is -0.384. The van der Waals surface area contributed by atoms with Gasteiger partial charge in [-0.1, -0.05) is 41.4 Å². The van der Waals surface area contributed by atoms with Crippen LogP contribution >= 0.6 is 23.2 Å². The van der Waals surface area contributed by atoms with E-state index >= 15 is 0 Å². The van der Waals surface area contributed by atoms with E-state index in [1.807, 2.05) is 0 Å². The fraction of sp³-hybridized carbons (Fsp3) is 0.125. The van der Waals surface area contributed by atoms with Crippen LogP contribution < -0.4 is 5.32 Å². The van der Waals surface area contributed by atoms with Gasteiger partial charge in [-0.3, -0.25) is 19.7 Å². The van der Waals surface area contributed by atoms with Crippen molar-refractivity contribution in [2.75, 3.05) is 0 Å². The molecule has 0 fully saturated rings. The first kappa shape index (κ1) is 18.7. The number of aliphatic carboxylic acids is 1.